The van der Waals surface area contributed by atoms with Gasteiger partial charge in [0.15, 0.2) is 5.54 Å². The molecule has 5 nitrogen and oxygen atoms in total. The van der Waals surface area contributed by atoms with Crippen molar-refractivity contribution in [3.63, 3.8) is 0 Å². The molecule has 0 aliphatic heterocycles. The molecule has 1 aliphatic rings. The zero-order valence-electron chi connectivity index (χ0n) is 14.1. The first kappa shape index (κ1) is 15.2. The van der Waals surface area contributed by atoms with Gasteiger partial charge in [-0.25, -0.2) is 0 Å². The summed E-state index contributed by atoms with van der Waals surface area (Å²) in [5, 5.41) is 12.9. The number of para-hydroxylation sites is 1. The summed E-state index contributed by atoms with van der Waals surface area (Å²) < 4.78 is 2.01. The zero-order chi connectivity index (χ0) is 15.7. The van der Waals surface area contributed by atoms with Crippen LogP contribution in [0.5, 0.6) is 0 Å². The minimum absolute atomic E-state index is 0.0385. The number of tetrazole rings is 1. The summed E-state index contributed by atoms with van der Waals surface area (Å²) >= 11 is 0. The highest BCUT2D eigenvalue weighted by Crippen LogP contribution is 2.36. The lowest BCUT2D eigenvalue weighted by molar-refractivity contribution is -0.924. The minimum atomic E-state index is 0.0385. The van der Waals surface area contributed by atoms with E-state index in [4.69, 9.17) is 0 Å². The number of benzene rings is 1. The Balaban J connectivity index is 2.18. The molecule has 1 saturated carbocycles. The maximum absolute atomic E-state index is 4.47. The van der Waals surface area contributed by atoms with E-state index in [1.54, 1.807) is 0 Å². The van der Waals surface area contributed by atoms with E-state index in [1.807, 2.05) is 4.68 Å². The Morgan fingerprint density at radius 2 is 1.95 bits per heavy atom. The number of aromatic nitrogens is 4. The molecule has 1 aromatic carbocycles. The van der Waals surface area contributed by atoms with Crippen LogP contribution in [-0.2, 0) is 12.0 Å². The molecular weight excluding hydrogens is 274 g/mol. The molecule has 1 heterocycles. The molecule has 0 saturated heterocycles. The SMILES string of the molecule is CCc1cccc(C)c1-n1nnnc1C1([NH+](C)C)CCCC1. The molecule has 0 atom stereocenters. The van der Waals surface area contributed by atoms with Crippen molar-refractivity contribution in [3.05, 3.63) is 35.2 Å². The molecule has 1 fully saturated rings. The third-order valence-corrected chi connectivity index (χ3v) is 5.23. The predicted molar refractivity (Wildman–Crippen MR) is 86.2 cm³/mol. The maximum atomic E-state index is 4.47. The van der Waals surface area contributed by atoms with Crippen molar-refractivity contribution in [2.24, 2.45) is 0 Å². The first-order valence-electron chi connectivity index (χ1n) is 8.28. The average Bonchev–Trinajstić information content (AvgIpc) is 3.16. The van der Waals surface area contributed by atoms with E-state index >= 15 is 0 Å². The molecule has 1 aromatic heterocycles. The second-order valence-corrected chi connectivity index (χ2v) is 6.64. The highest BCUT2D eigenvalue weighted by molar-refractivity contribution is 5.47. The summed E-state index contributed by atoms with van der Waals surface area (Å²) in [4.78, 5) is 1.42. The van der Waals surface area contributed by atoms with Crippen LogP contribution in [0.3, 0.4) is 0 Å². The van der Waals surface area contributed by atoms with Gasteiger partial charge in [0.05, 0.1) is 19.8 Å². The van der Waals surface area contributed by atoms with Gasteiger partial charge in [-0.05, 0) is 47.7 Å². The highest BCUT2D eigenvalue weighted by atomic mass is 15.6. The predicted octanol–water partition coefficient (Wildman–Crippen LogP) is 1.45. The number of nitrogens with one attached hydrogen (secondary N) is 1. The molecule has 0 unspecified atom stereocenters. The van der Waals surface area contributed by atoms with Crippen molar-refractivity contribution in [2.45, 2.75) is 51.5 Å². The second-order valence-electron chi connectivity index (χ2n) is 6.64. The van der Waals surface area contributed by atoms with Gasteiger partial charge in [0.2, 0.25) is 5.82 Å². The van der Waals surface area contributed by atoms with Gasteiger partial charge in [0.25, 0.3) is 0 Å². The highest BCUT2D eigenvalue weighted by Gasteiger charge is 2.46. The van der Waals surface area contributed by atoms with E-state index in [2.05, 4.69) is 61.7 Å². The smallest absolute Gasteiger partial charge is 0.217 e. The summed E-state index contributed by atoms with van der Waals surface area (Å²) in [6.07, 6.45) is 5.81. The molecule has 0 spiro atoms. The lowest BCUT2D eigenvalue weighted by atomic mass is 9.94. The molecular formula is C17H26N5+. The first-order valence-corrected chi connectivity index (χ1v) is 8.28. The van der Waals surface area contributed by atoms with Gasteiger partial charge in [-0.2, -0.15) is 4.68 Å². The molecule has 5 heteroatoms. The van der Waals surface area contributed by atoms with E-state index in [1.165, 1.54) is 28.9 Å². The minimum Gasteiger partial charge on any atom is -0.329 e. The number of hydrogen-bond donors (Lipinski definition) is 1. The molecule has 3 rings (SSSR count). The van der Waals surface area contributed by atoms with Crippen LogP contribution in [-0.4, -0.2) is 34.3 Å². The largest absolute Gasteiger partial charge is 0.329 e. The Morgan fingerprint density at radius 3 is 2.59 bits per heavy atom. The maximum Gasteiger partial charge on any atom is 0.217 e. The van der Waals surface area contributed by atoms with Gasteiger partial charge in [0.1, 0.15) is 0 Å². The Kier molecular flexibility index (Phi) is 4.00. The number of nitrogens with zero attached hydrogens (tertiary/aromatic N) is 4. The Bertz CT molecular complexity index is 653. The summed E-state index contributed by atoms with van der Waals surface area (Å²) in [5.74, 6) is 1.02. The van der Waals surface area contributed by atoms with E-state index < -0.39 is 0 Å². The summed E-state index contributed by atoms with van der Waals surface area (Å²) in [6.45, 7) is 4.33. The molecule has 1 N–H and O–H groups in total. The molecule has 1 aliphatic carbocycles. The fourth-order valence-electron chi connectivity index (χ4n) is 3.87. The Morgan fingerprint density at radius 1 is 1.23 bits per heavy atom. The normalized spacial score (nSPS) is 17.3. The molecule has 0 bridgehead atoms. The fraction of sp³-hybridized carbons (Fsp3) is 0.588. The lowest BCUT2D eigenvalue weighted by Crippen LogP contribution is -3.13. The van der Waals surface area contributed by atoms with Crippen LogP contribution < -0.4 is 4.90 Å². The summed E-state index contributed by atoms with van der Waals surface area (Å²) in [7, 11) is 4.45. The van der Waals surface area contributed by atoms with Gasteiger partial charge in [0, 0.05) is 12.8 Å². The van der Waals surface area contributed by atoms with Gasteiger partial charge >= 0.3 is 0 Å². The van der Waals surface area contributed by atoms with E-state index in [9.17, 15) is 0 Å². The van der Waals surface area contributed by atoms with Crippen LogP contribution in [0, 0.1) is 6.92 Å². The van der Waals surface area contributed by atoms with Crippen molar-refractivity contribution in [2.75, 3.05) is 14.1 Å². The number of rotatable bonds is 4. The van der Waals surface area contributed by atoms with Crippen LogP contribution in [0.1, 0.15) is 49.6 Å². The van der Waals surface area contributed by atoms with Crippen LogP contribution in [0.4, 0.5) is 0 Å². The monoisotopic (exact) mass is 300 g/mol. The lowest BCUT2D eigenvalue weighted by Gasteiger charge is -2.31. The first-order chi connectivity index (χ1) is 10.6. The van der Waals surface area contributed by atoms with E-state index in [-0.39, 0.29) is 5.54 Å². The average molecular weight is 300 g/mol. The summed E-state index contributed by atoms with van der Waals surface area (Å²) in [5.41, 5.74) is 3.74. The quantitative estimate of drug-likeness (QED) is 0.929. The third kappa shape index (κ3) is 2.24. The van der Waals surface area contributed by atoms with Crippen LogP contribution >= 0.6 is 0 Å². The molecule has 118 valence electrons. The Hall–Kier alpha value is -1.75. The third-order valence-electron chi connectivity index (χ3n) is 5.23. The van der Waals surface area contributed by atoms with Gasteiger partial charge in [-0.1, -0.05) is 25.1 Å². The topological polar surface area (TPSA) is 48.0 Å². The van der Waals surface area contributed by atoms with Gasteiger partial charge in [-0.15, -0.1) is 5.10 Å². The van der Waals surface area contributed by atoms with Crippen molar-refractivity contribution in [3.8, 4) is 5.69 Å². The van der Waals surface area contributed by atoms with Gasteiger partial charge in [-0.3, -0.25) is 0 Å². The summed E-state index contributed by atoms with van der Waals surface area (Å²) in [6, 6.07) is 6.44. The number of hydrogen-bond acceptors (Lipinski definition) is 3. The van der Waals surface area contributed by atoms with E-state index in [0.29, 0.717) is 0 Å². The fourth-order valence-corrected chi connectivity index (χ4v) is 3.87. The molecule has 22 heavy (non-hydrogen) atoms. The van der Waals surface area contributed by atoms with Crippen molar-refractivity contribution in [1.82, 2.24) is 20.2 Å². The van der Waals surface area contributed by atoms with Crippen molar-refractivity contribution in [1.29, 1.82) is 0 Å². The van der Waals surface area contributed by atoms with Crippen LogP contribution in [0.2, 0.25) is 0 Å². The molecule has 2 aromatic rings. The van der Waals surface area contributed by atoms with Crippen molar-refractivity contribution >= 4 is 0 Å². The van der Waals surface area contributed by atoms with E-state index in [0.717, 1.165) is 30.8 Å². The standard InChI is InChI=1S/C17H25N5/c1-5-14-10-8-9-13(2)15(14)22-16(18-19-20-22)17(21(3)4)11-6-7-12-17/h8-10H,5-7,11-12H2,1-4H3/p+1. The van der Waals surface area contributed by atoms with Crippen molar-refractivity contribution < 1.29 is 4.90 Å². The molecule has 0 amide bonds. The number of aryl methyl sites for hydroxylation is 2. The van der Waals surface area contributed by atoms with Crippen LogP contribution in [0.25, 0.3) is 5.69 Å². The number of quaternary nitrogens is 1. The zero-order valence-corrected chi connectivity index (χ0v) is 14.1. The van der Waals surface area contributed by atoms with Gasteiger partial charge < -0.3 is 4.90 Å². The Labute approximate surface area is 132 Å². The molecule has 0 radical (unpaired) electrons. The van der Waals surface area contributed by atoms with Crippen LogP contribution in [0.15, 0.2) is 18.2 Å². The second kappa shape index (κ2) is 5.80.